The molecule has 0 bridgehead atoms. The number of nitrogens with zero attached hydrogens (tertiary/aromatic N) is 1. The van der Waals surface area contributed by atoms with Crippen molar-refractivity contribution in [2.75, 3.05) is 5.73 Å². The van der Waals surface area contributed by atoms with Crippen LogP contribution in [0.15, 0.2) is 0 Å². The van der Waals surface area contributed by atoms with Crippen LogP contribution >= 0.6 is 12.2 Å². The van der Waals surface area contributed by atoms with Gasteiger partial charge in [0.1, 0.15) is 11.5 Å². The van der Waals surface area contributed by atoms with E-state index in [9.17, 15) is 5.11 Å². The molecular formula is C9H12N4OS. The average Bonchev–Trinajstić information content (AvgIpc) is 2.55. The van der Waals surface area contributed by atoms with Gasteiger partial charge < -0.3 is 20.8 Å². The first-order valence-corrected chi connectivity index (χ1v) is 5.08. The summed E-state index contributed by atoms with van der Waals surface area (Å²) in [6.07, 6.45) is 0.790. The number of rotatable bonds is 2. The molecule has 0 saturated carbocycles. The summed E-state index contributed by atoms with van der Waals surface area (Å²) in [6, 6.07) is 0. The number of H-pyrrole nitrogens is 2. The third-order valence-electron chi connectivity index (χ3n) is 2.41. The number of hydrogen-bond donors (Lipinski definition) is 4. The second-order valence-electron chi connectivity index (χ2n) is 3.27. The van der Waals surface area contributed by atoms with Crippen molar-refractivity contribution in [3.05, 3.63) is 16.0 Å². The van der Waals surface area contributed by atoms with Crippen LogP contribution in [-0.2, 0) is 13.0 Å². The van der Waals surface area contributed by atoms with E-state index in [4.69, 9.17) is 18.0 Å². The van der Waals surface area contributed by atoms with Gasteiger partial charge in [-0.2, -0.15) is 0 Å². The van der Waals surface area contributed by atoms with Gasteiger partial charge in [-0.25, -0.2) is 4.98 Å². The Morgan fingerprint density at radius 2 is 2.20 bits per heavy atom. The molecule has 0 amide bonds. The monoisotopic (exact) mass is 224 g/mol. The predicted molar refractivity (Wildman–Crippen MR) is 61.0 cm³/mol. The SMILES string of the molecule is CCc1[nH]c2nc(=S)[nH]c(N)c2c1CO. The summed E-state index contributed by atoms with van der Waals surface area (Å²) in [7, 11) is 0. The molecule has 0 radical (unpaired) electrons. The number of aromatic amines is 2. The lowest BCUT2D eigenvalue weighted by atomic mass is 10.1. The smallest absolute Gasteiger partial charge is 0.200 e. The molecule has 2 rings (SSSR count). The molecule has 6 heteroatoms. The lowest BCUT2D eigenvalue weighted by Gasteiger charge is -1.99. The fraction of sp³-hybridized carbons (Fsp3) is 0.333. The lowest BCUT2D eigenvalue weighted by Crippen LogP contribution is -1.95. The van der Waals surface area contributed by atoms with Crippen LogP contribution in [0.3, 0.4) is 0 Å². The topological polar surface area (TPSA) is 90.7 Å². The summed E-state index contributed by atoms with van der Waals surface area (Å²) in [5.74, 6) is 0.449. The van der Waals surface area contributed by atoms with Gasteiger partial charge in [0.05, 0.1) is 12.0 Å². The van der Waals surface area contributed by atoms with Gasteiger partial charge in [0.25, 0.3) is 0 Å². The zero-order valence-electron chi connectivity index (χ0n) is 8.29. The van der Waals surface area contributed by atoms with Crippen molar-refractivity contribution < 1.29 is 5.11 Å². The number of aliphatic hydroxyl groups excluding tert-OH is 1. The average molecular weight is 224 g/mol. The Morgan fingerprint density at radius 1 is 1.47 bits per heavy atom. The van der Waals surface area contributed by atoms with Crippen molar-refractivity contribution in [1.29, 1.82) is 0 Å². The zero-order valence-corrected chi connectivity index (χ0v) is 9.11. The molecule has 80 valence electrons. The molecule has 0 unspecified atom stereocenters. The van der Waals surface area contributed by atoms with Crippen LogP contribution in [0.25, 0.3) is 11.0 Å². The summed E-state index contributed by atoms with van der Waals surface area (Å²) in [6.45, 7) is 1.94. The van der Waals surface area contributed by atoms with E-state index in [1.54, 1.807) is 0 Å². The number of nitrogens with one attached hydrogen (secondary N) is 2. The van der Waals surface area contributed by atoms with Gasteiger partial charge in [0.15, 0.2) is 4.77 Å². The molecule has 2 heterocycles. The number of aromatic nitrogens is 3. The molecule has 0 aliphatic rings. The highest BCUT2D eigenvalue weighted by Crippen LogP contribution is 2.25. The number of anilines is 1. The minimum Gasteiger partial charge on any atom is -0.392 e. The first-order chi connectivity index (χ1) is 7.17. The third-order valence-corrected chi connectivity index (χ3v) is 2.60. The second-order valence-corrected chi connectivity index (χ2v) is 3.66. The van der Waals surface area contributed by atoms with Gasteiger partial charge in [-0.1, -0.05) is 6.92 Å². The van der Waals surface area contributed by atoms with E-state index in [-0.39, 0.29) is 6.61 Å². The van der Waals surface area contributed by atoms with Gasteiger partial charge in [-0.05, 0) is 18.6 Å². The van der Waals surface area contributed by atoms with Gasteiger partial charge in [-0.15, -0.1) is 0 Å². The maximum Gasteiger partial charge on any atom is 0.200 e. The highest BCUT2D eigenvalue weighted by atomic mass is 32.1. The van der Waals surface area contributed by atoms with E-state index >= 15 is 0 Å². The summed E-state index contributed by atoms with van der Waals surface area (Å²) in [4.78, 5) is 10.0. The van der Waals surface area contributed by atoms with Crippen molar-refractivity contribution in [1.82, 2.24) is 15.0 Å². The first-order valence-electron chi connectivity index (χ1n) is 4.67. The predicted octanol–water partition coefficient (Wildman–Crippen LogP) is 1.26. The third kappa shape index (κ3) is 1.51. The molecule has 0 aliphatic carbocycles. The van der Waals surface area contributed by atoms with Gasteiger partial charge in [0, 0.05) is 11.3 Å². The minimum atomic E-state index is -0.0559. The Balaban J connectivity index is 2.89. The van der Waals surface area contributed by atoms with Crippen LogP contribution in [0.2, 0.25) is 0 Å². The van der Waals surface area contributed by atoms with Crippen LogP contribution in [-0.4, -0.2) is 20.1 Å². The molecule has 0 atom stereocenters. The van der Waals surface area contributed by atoms with E-state index in [1.165, 1.54) is 0 Å². The van der Waals surface area contributed by atoms with Crippen molar-refractivity contribution in [3.63, 3.8) is 0 Å². The molecule has 0 aromatic carbocycles. The highest BCUT2D eigenvalue weighted by Gasteiger charge is 2.13. The van der Waals surface area contributed by atoms with Crippen LogP contribution in [0.4, 0.5) is 5.82 Å². The van der Waals surface area contributed by atoms with Crippen LogP contribution in [0.5, 0.6) is 0 Å². The van der Waals surface area contributed by atoms with E-state index in [0.29, 0.717) is 16.2 Å². The number of nitrogen functional groups attached to an aromatic ring is 1. The molecule has 0 aliphatic heterocycles. The van der Waals surface area contributed by atoms with E-state index < -0.39 is 0 Å². The van der Waals surface area contributed by atoms with E-state index in [2.05, 4.69) is 15.0 Å². The maximum atomic E-state index is 9.29. The van der Waals surface area contributed by atoms with E-state index in [0.717, 1.165) is 23.1 Å². The fourth-order valence-corrected chi connectivity index (χ4v) is 1.93. The number of nitrogens with two attached hydrogens (primary N) is 1. The summed E-state index contributed by atoms with van der Waals surface area (Å²) in [5.41, 5.74) is 8.18. The van der Waals surface area contributed by atoms with Crippen LogP contribution in [0, 0.1) is 4.77 Å². The first kappa shape index (κ1) is 10.1. The lowest BCUT2D eigenvalue weighted by molar-refractivity contribution is 0.282. The van der Waals surface area contributed by atoms with Crippen molar-refractivity contribution in [2.24, 2.45) is 0 Å². The Bertz CT molecular complexity index is 557. The fourth-order valence-electron chi connectivity index (χ4n) is 1.73. The molecule has 0 saturated heterocycles. The van der Waals surface area contributed by atoms with Crippen LogP contribution < -0.4 is 5.73 Å². The Kier molecular flexibility index (Phi) is 2.45. The number of aliphatic hydroxyl groups is 1. The van der Waals surface area contributed by atoms with E-state index in [1.807, 2.05) is 6.92 Å². The zero-order chi connectivity index (χ0) is 11.0. The van der Waals surface area contributed by atoms with Crippen molar-refractivity contribution >= 4 is 29.1 Å². The Hall–Kier alpha value is -1.40. The second kappa shape index (κ2) is 3.63. The highest BCUT2D eigenvalue weighted by molar-refractivity contribution is 7.71. The van der Waals surface area contributed by atoms with Gasteiger partial charge in [0.2, 0.25) is 0 Å². The van der Waals surface area contributed by atoms with Gasteiger partial charge >= 0.3 is 0 Å². The Morgan fingerprint density at radius 3 is 2.80 bits per heavy atom. The Labute approximate surface area is 91.3 Å². The molecule has 0 spiro atoms. The van der Waals surface area contributed by atoms with Crippen molar-refractivity contribution in [3.8, 4) is 0 Å². The number of hydrogen-bond acceptors (Lipinski definition) is 4. The standard InChI is InChI=1S/C9H12N4OS/c1-2-5-4(3-14)6-7(10)12-9(15)13-8(6)11-5/h14H,2-3H2,1H3,(H4,10,11,12,13,15). The molecule has 5 N–H and O–H groups in total. The quantitative estimate of drug-likeness (QED) is 0.578. The largest absolute Gasteiger partial charge is 0.392 e. The molecule has 2 aromatic heterocycles. The molecule has 15 heavy (non-hydrogen) atoms. The van der Waals surface area contributed by atoms with Gasteiger partial charge in [-0.3, -0.25) is 0 Å². The van der Waals surface area contributed by atoms with Crippen LogP contribution in [0.1, 0.15) is 18.2 Å². The molecule has 5 nitrogen and oxygen atoms in total. The normalized spacial score (nSPS) is 11.1. The molecule has 0 fully saturated rings. The number of fused-ring (bicyclic) bond motifs is 1. The summed E-state index contributed by atoms with van der Waals surface area (Å²) < 4.78 is 0.341. The van der Waals surface area contributed by atoms with Crippen molar-refractivity contribution in [2.45, 2.75) is 20.0 Å². The molecular weight excluding hydrogens is 212 g/mol. The summed E-state index contributed by atoms with van der Waals surface area (Å²) in [5, 5.41) is 10.0. The number of aryl methyl sites for hydroxylation is 1. The minimum absolute atomic E-state index is 0.0559. The molecule has 2 aromatic rings. The summed E-state index contributed by atoms with van der Waals surface area (Å²) >= 11 is 4.92. The maximum absolute atomic E-state index is 9.29.